The molecule has 0 aliphatic carbocycles. The van der Waals surface area contributed by atoms with E-state index in [-0.39, 0.29) is 24.2 Å². The number of halogens is 4. The summed E-state index contributed by atoms with van der Waals surface area (Å²) in [7, 11) is 0. The van der Waals surface area contributed by atoms with Crippen LogP contribution in [0.1, 0.15) is 11.3 Å². The van der Waals surface area contributed by atoms with Gasteiger partial charge in [0.1, 0.15) is 0 Å². The average Bonchev–Trinajstić information content (AvgIpc) is 2.20. The first-order chi connectivity index (χ1) is 7.87. The highest BCUT2D eigenvalue weighted by molar-refractivity contribution is 14.1. The summed E-state index contributed by atoms with van der Waals surface area (Å²) in [5, 5.41) is 8.51. The summed E-state index contributed by atoms with van der Waals surface area (Å²) in [6.07, 6.45) is -4.91. The van der Waals surface area contributed by atoms with Crippen LogP contribution in [0.25, 0.3) is 0 Å². The minimum absolute atomic E-state index is 0.0860. The Bertz CT molecular complexity index is 456. The molecule has 0 saturated carbocycles. The maximum atomic E-state index is 12.1. The van der Waals surface area contributed by atoms with E-state index in [0.29, 0.717) is 3.57 Å². The predicted octanol–water partition coefficient (Wildman–Crippen LogP) is 2.11. The van der Waals surface area contributed by atoms with Crippen LogP contribution in [0.3, 0.4) is 0 Å². The molecular formula is C9H7F3IN3O. The van der Waals surface area contributed by atoms with E-state index >= 15 is 0 Å². The lowest BCUT2D eigenvalue weighted by atomic mass is 10.2. The Morgan fingerprint density at radius 1 is 1.53 bits per heavy atom. The Hall–Kier alpha value is -1.08. The topological polar surface area (TPSA) is 71.9 Å². The van der Waals surface area contributed by atoms with Gasteiger partial charge in [-0.3, -0.25) is 0 Å². The minimum Gasteiger partial charge on any atom is -0.388 e. The van der Waals surface area contributed by atoms with Crippen molar-refractivity contribution in [2.75, 3.05) is 0 Å². The number of pyridine rings is 1. The van der Waals surface area contributed by atoms with Crippen molar-refractivity contribution in [3.05, 3.63) is 20.9 Å². The van der Waals surface area contributed by atoms with Gasteiger partial charge in [0.25, 0.3) is 0 Å². The molecule has 0 spiro atoms. The lowest BCUT2D eigenvalue weighted by Gasteiger charge is -2.13. The molecule has 0 aliphatic heterocycles. The number of ether oxygens (including phenoxy) is 1. The number of alkyl halides is 3. The minimum atomic E-state index is -4.83. The van der Waals surface area contributed by atoms with Crippen molar-refractivity contribution in [2.45, 2.75) is 19.3 Å². The first kappa shape index (κ1) is 14.0. The van der Waals surface area contributed by atoms with Gasteiger partial charge in [-0.05, 0) is 28.7 Å². The van der Waals surface area contributed by atoms with Gasteiger partial charge >= 0.3 is 6.36 Å². The second-order valence-corrected chi connectivity index (χ2v) is 4.13. The van der Waals surface area contributed by atoms with E-state index in [0.717, 1.165) is 0 Å². The molecule has 0 unspecified atom stereocenters. The third kappa shape index (κ3) is 4.01. The van der Waals surface area contributed by atoms with Crippen molar-refractivity contribution in [3.63, 3.8) is 0 Å². The molecular weight excluding hydrogens is 350 g/mol. The zero-order chi connectivity index (χ0) is 13.1. The highest BCUT2D eigenvalue weighted by Crippen LogP contribution is 2.27. The molecule has 8 heteroatoms. The first-order valence-corrected chi connectivity index (χ1v) is 5.46. The van der Waals surface area contributed by atoms with E-state index in [1.54, 1.807) is 0 Å². The molecule has 0 aromatic carbocycles. The van der Waals surface area contributed by atoms with Crippen molar-refractivity contribution in [2.24, 2.45) is 5.73 Å². The quantitative estimate of drug-likeness (QED) is 0.842. The number of rotatable bonds is 3. The summed E-state index contributed by atoms with van der Waals surface area (Å²) in [6.45, 7) is -0.124. The van der Waals surface area contributed by atoms with Crippen LogP contribution in [0.15, 0.2) is 6.07 Å². The van der Waals surface area contributed by atoms with Crippen LogP contribution in [0, 0.1) is 14.9 Å². The Labute approximate surface area is 109 Å². The van der Waals surface area contributed by atoms with Crippen molar-refractivity contribution >= 4 is 22.6 Å². The van der Waals surface area contributed by atoms with Gasteiger partial charge < -0.3 is 10.5 Å². The molecule has 17 heavy (non-hydrogen) atoms. The molecule has 1 aromatic rings. The lowest BCUT2D eigenvalue weighted by Crippen LogP contribution is -2.20. The number of hydrogen-bond donors (Lipinski definition) is 1. The molecule has 0 atom stereocenters. The van der Waals surface area contributed by atoms with Crippen molar-refractivity contribution in [1.82, 2.24) is 4.98 Å². The van der Waals surface area contributed by atoms with Crippen LogP contribution in [0.4, 0.5) is 13.2 Å². The van der Waals surface area contributed by atoms with E-state index in [1.165, 1.54) is 6.07 Å². The van der Waals surface area contributed by atoms with Gasteiger partial charge in [0, 0.05) is 15.7 Å². The van der Waals surface area contributed by atoms with E-state index in [4.69, 9.17) is 11.0 Å². The maximum absolute atomic E-state index is 12.1. The number of aromatic nitrogens is 1. The normalized spacial score (nSPS) is 11.1. The third-order valence-corrected chi connectivity index (χ3v) is 2.70. The molecule has 4 nitrogen and oxygen atoms in total. The molecule has 92 valence electrons. The highest BCUT2D eigenvalue weighted by atomic mass is 127. The zero-order valence-electron chi connectivity index (χ0n) is 8.38. The van der Waals surface area contributed by atoms with Gasteiger partial charge in [-0.15, -0.1) is 13.2 Å². The number of nitrogens with zero attached hydrogens (tertiary/aromatic N) is 2. The van der Waals surface area contributed by atoms with E-state index in [1.807, 2.05) is 28.7 Å². The fraction of sp³-hybridized carbons (Fsp3) is 0.333. The monoisotopic (exact) mass is 357 g/mol. The number of nitrogens with two attached hydrogens (primary N) is 1. The standard InChI is InChI=1S/C9H7F3IN3O/c10-9(11,12)17-8-5(4-15)3-6(13)7(16-8)1-2-14/h3H,1,4,15H2. The second kappa shape index (κ2) is 5.50. The summed E-state index contributed by atoms with van der Waals surface area (Å²) in [5.74, 6) is -0.592. The summed E-state index contributed by atoms with van der Waals surface area (Å²) in [5.41, 5.74) is 5.69. The molecule has 0 fully saturated rings. The Balaban J connectivity index is 3.18. The molecule has 2 N–H and O–H groups in total. The van der Waals surface area contributed by atoms with Crippen molar-refractivity contribution in [1.29, 1.82) is 5.26 Å². The van der Waals surface area contributed by atoms with Gasteiger partial charge in [-0.1, -0.05) is 0 Å². The summed E-state index contributed by atoms with van der Waals surface area (Å²) >= 11 is 1.88. The summed E-state index contributed by atoms with van der Waals surface area (Å²) in [4.78, 5) is 3.67. The third-order valence-electron chi connectivity index (χ3n) is 1.77. The fourth-order valence-electron chi connectivity index (χ4n) is 1.09. The van der Waals surface area contributed by atoms with E-state index in [2.05, 4.69) is 9.72 Å². The summed E-state index contributed by atoms with van der Waals surface area (Å²) < 4.78 is 40.7. The Kier molecular flexibility index (Phi) is 4.53. The zero-order valence-corrected chi connectivity index (χ0v) is 10.5. The van der Waals surface area contributed by atoms with Crippen LogP contribution in [-0.2, 0) is 13.0 Å². The van der Waals surface area contributed by atoms with E-state index in [9.17, 15) is 13.2 Å². The van der Waals surface area contributed by atoms with Crippen LogP contribution in [0.2, 0.25) is 0 Å². The molecule has 0 aliphatic rings. The van der Waals surface area contributed by atoms with Gasteiger partial charge in [-0.2, -0.15) is 5.26 Å². The highest BCUT2D eigenvalue weighted by Gasteiger charge is 2.33. The fourth-order valence-corrected chi connectivity index (χ4v) is 1.78. The van der Waals surface area contributed by atoms with Crippen LogP contribution in [0.5, 0.6) is 5.88 Å². The Morgan fingerprint density at radius 3 is 2.65 bits per heavy atom. The molecule has 1 rings (SSSR count). The van der Waals surface area contributed by atoms with Crippen LogP contribution < -0.4 is 10.5 Å². The maximum Gasteiger partial charge on any atom is 0.574 e. The smallest absolute Gasteiger partial charge is 0.388 e. The van der Waals surface area contributed by atoms with Gasteiger partial charge in [0.2, 0.25) is 5.88 Å². The average molecular weight is 357 g/mol. The van der Waals surface area contributed by atoms with Crippen molar-refractivity contribution in [3.8, 4) is 11.9 Å². The van der Waals surface area contributed by atoms with Gasteiger partial charge in [0.05, 0.1) is 18.2 Å². The number of nitriles is 1. The van der Waals surface area contributed by atoms with Gasteiger partial charge in [-0.25, -0.2) is 4.98 Å². The largest absolute Gasteiger partial charge is 0.574 e. The number of hydrogen-bond acceptors (Lipinski definition) is 4. The molecule has 0 saturated heterocycles. The van der Waals surface area contributed by atoms with E-state index < -0.39 is 12.2 Å². The molecule has 0 radical (unpaired) electrons. The second-order valence-electron chi connectivity index (χ2n) is 2.97. The molecule has 0 bridgehead atoms. The Morgan fingerprint density at radius 2 is 2.18 bits per heavy atom. The van der Waals surface area contributed by atoms with Crippen molar-refractivity contribution < 1.29 is 17.9 Å². The molecule has 0 amide bonds. The van der Waals surface area contributed by atoms with Crippen LogP contribution in [-0.4, -0.2) is 11.3 Å². The van der Waals surface area contributed by atoms with Crippen LogP contribution >= 0.6 is 22.6 Å². The predicted molar refractivity (Wildman–Crippen MR) is 60.8 cm³/mol. The molecule has 1 aromatic heterocycles. The summed E-state index contributed by atoms with van der Waals surface area (Å²) in [6, 6.07) is 3.25. The molecule has 1 heterocycles. The first-order valence-electron chi connectivity index (χ1n) is 4.38. The van der Waals surface area contributed by atoms with Gasteiger partial charge in [0.15, 0.2) is 0 Å². The lowest BCUT2D eigenvalue weighted by molar-refractivity contribution is -0.276. The SMILES string of the molecule is N#CCc1nc(OC(F)(F)F)c(CN)cc1I.